The standard InChI is InChI=1S/C70H63O4Si5/c1-2-3-59-75(60-37-15-4-16-38-60,61-39-17-5-18-40-61)71-77(65-47-25-9-26-48-65,66-49-27-10-28-50-66)73-79(69-55-33-13-34-56-69,70-57-35-14-36-58-70)74-78(67-51-29-11-30-52-67,68-53-31-12-32-54-68)72-76(62-41-19-6-20-42-62,63-43-21-7-22-44-63)64-45-23-8-24-46-64/h4-58H,1-3,59H2. The van der Waals surface area contributed by atoms with Gasteiger partial charge in [-0.25, -0.2) is 0 Å². The van der Waals surface area contributed by atoms with Crippen molar-refractivity contribution in [3.05, 3.63) is 341 Å². The molecule has 0 heterocycles. The summed E-state index contributed by atoms with van der Waals surface area (Å²) in [5.41, 5.74) is 0. The van der Waals surface area contributed by atoms with E-state index < -0.39 is 42.3 Å². The van der Waals surface area contributed by atoms with E-state index in [0.29, 0.717) is 0 Å². The lowest BCUT2D eigenvalue weighted by Crippen LogP contribution is -2.85. The minimum atomic E-state index is -4.38. The maximum absolute atomic E-state index is 9.12. The van der Waals surface area contributed by atoms with Crippen LogP contribution < -0.4 is 57.1 Å². The molecule has 0 aromatic heterocycles. The van der Waals surface area contributed by atoms with Crippen LogP contribution in [0, 0.1) is 6.92 Å². The van der Waals surface area contributed by atoms with Gasteiger partial charge in [0, 0.05) is 0 Å². The molecule has 0 aliphatic carbocycles. The van der Waals surface area contributed by atoms with Gasteiger partial charge in [-0.15, -0.1) is 0 Å². The molecule has 0 fully saturated rings. The second kappa shape index (κ2) is 24.6. The number of unbranched alkanes of at least 4 members (excludes halogenated alkanes) is 1. The van der Waals surface area contributed by atoms with Crippen molar-refractivity contribution >= 4 is 99.4 Å². The van der Waals surface area contributed by atoms with E-state index in [-0.39, 0.29) is 0 Å². The highest BCUT2D eigenvalue weighted by molar-refractivity contribution is 7.17. The Kier molecular flexibility index (Phi) is 16.6. The van der Waals surface area contributed by atoms with Crippen molar-refractivity contribution in [2.45, 2.75) is 18.9 Å². The van der Waals surface area contributed by atoms with E-state index in [0.717, 1.165) is 65.6 Å². The van der Waals surface area contributed by atoms with Crippen molar-refractivity contribution in [3.8, 4) is 0 Å². The van der Waals surface area contributed by atoms with Gasteiger partial charge in [-0.2, -0.15) is 0 Å². The molecule has 0 spiro atoms. The molecule has 0 unspecified atom stereocenters. The third-order valence-corrected chi connectivity index (χ3v) is 38.0. The van der Waals surface area contributed by atoms with Gasteiger partial charge in [0.15, 0.2) is 0 Å². The van der Waals surface area contributed by atoms with Crippen LogP contribution in [0.15, 0.2) is 334 Å². The number of benzene rings is 11. The maximum atomic E-state index is 9.12. The zero-order valence-electron chi connectivity index (χ0n) is 44.2. The zero-order valence-corrected chi connectivity index (χ0v) is 49.2. The summed E-state index contributed by atoms with van der Waals surface area (Å²) in [5.74, 6) is 0. The molecule has 0 bridgehead atoms. The molecule has 0 amide bonds. The molecule has 79 heavy (non-hydrogen) atoms. The fourth-order valence-electron chi connectivity index (χ4n) is 11.2. The van der Waals surface area contributed by atoms with Gasteiger partial charge in [0.25, 0.3) is 8.32 Å². The van der Waals surface area contributed by atoms with Crippen molar-refractivity contribution < 1.29 is 16.5 Å². The molecule has 11 aromatic carbocycles. The first-order valence-electron chi connectivity index (χ1n) is 27.3. The molecular weight excluding hydrogens is 1050 g/mol. The highest BCUT2D eigenvalue weighted by Gasteiger charge is 2.64. The van der Waals surface area contributed by atoms with Crippen LogP contribution in [-0.4, -0.2) is 42.3 Å². The van der Waals surface area contributed by atoms with Crippen molar-refractivity contribution in [1.82, 2.24) is 0 Å². The average Bonchev–Trinajstić information content (AvgIpc) is 3.70. The van der Waals surface area contributed by atoms with Crippen molar-refractivity contribution in [1.29, 1.82) is 0 Å². The molecule has 0 saturated heterocycles. The molecule has 387 valence electrons. The predicted molar refractivity (Wildman–Crippen MR) is 339 cm³/mol. The van der Waals surface area contributed by atoms with E-state index in [4.69, 9.17) is 16.5 Å². The van der Waals surface area contributed by atoms with Gasteiger partial charge >= 0.3 is 25.7 Å². The second-order valence-corrected chi connectivity index (χ2v) is 36.6. The molecule has 4 nitrogen and oxygen atoms in total. The van der Waals surface area contributed by atoms with Crippen LogP contribution in [0.2, 0.25) is 6.04 Å². The zero-order chi connectivity index (χ0) is 53.7. The van der Waals surface area contributed by atoms with Gasteiger partial charge in [-0.3, -0.25) is 0 Å². The van der Waals surface area contributed by atoms with Crippen LogP contribution in [0.25, 0.3) is 0 Å². The van der Waals surface area contributed by atoms with Crippen molar-refractivity contribution in [3.63, 3.8) is 0 Å². The lowest BCUT2D eigenvalue weighted by atomic mass is 10.3. The largest absolute Gasteiger partial charge is 0.422 e. The monoisotopic (exact) mass is 1110 g/mol. The Hall–Kier alpha value is -7.66. The van der Waals surface area contributed by atoms with Gasteiger partial charge in [0.1, 0.15) is 0 Å². The Balaban J connectivity index is 1.30. The Bertz CT molecular complexity index is 3330. The SMILES string of the molecule is [CH2]CCC[Si](O[Si](O[Si](O[Si](O[Si](c1ccccc1)(c1ccccc1)c1ccccc1)(c1ccccc1)c1ccccc1)(c1ccccc1)c1ccccc1)(c1ccccc1)c1ccccc1)(c1ccccc1)c1ccccc1. The summed E-state index contributed by atoms with van der Waals surface area (Å²) in [6.45, 7) is 4.45. The van der Waals surface area contributed by atoms with Gasteiger partial charge < -0.3 is 16.5 Å². The van der Waals surface area contributed by atoms with Crippen LogP contribution >= 0.6 is 0 Å². The Morgan fingerprint density at radius 3 is 0.633 bits per heavy atom. The minimum absolute atomic E-state index is 0.745. The summed E-state index contributed by atoms with van der Waals surface area (Å²) in [5, 5.41) is 11.3. The first kappa shape index (κ1) is 53.4. The summed E-state index contributed by atoms with van der Waals surface area (Å²) in [4.78, 5) is 0. The summed E-state index contributed by atoms with van der Waals surface area (Å²) >= 11 is 0. The molecule has 0 atom stereocenters. The lowest BCUT2D eigenvalue weighted by Gasteiger charge is -2.50. The summed E-state index contributed by atoms with van der Waals surface area (Å²) < 4.78 is 36.1. The summed E-state index contributed by atoms with van der Waals surface area (Å²) in [6.07, 6.45) is 1.59. The molecule has 11 aromatic rings. The minimum Gasteiger partial charge on any atom is -0.422 e. The topological polar surface area (TPSA) is 36.9 Å². The van der Waals surface area contributed by atoms with Crippen LogP contribution in [0.1, 0.15) is 12.8 Å². The van der Waals surface area contributed by atoms with E-state index in [1.807, 2.05) is 0 Å². The van der Waals surface area contributed by atoms with Crippen molar-refractivity contribution in [2.24, 2.45) is 0 Å². The predicted octanol–water partition coefficient (Wildman–Crippen LogP) is 8.86. The fourth-order valence-corrected chi connectivity index (χ4v) is 39.1. The van der Waals surface area contributed by atoms with Gasteiger partial charge in [0.2, 0.25) is 8.32 Å². The van der Waals surface area contributed by atoms with E-state index in [1.165, 1.54) is 10.4 Å². The van der Waals surface area contributed by atoms with Crippen LogP contribution in [0.3, 0.4) is 0 Å². The molecule has 0 aliphatic heterocycles. The highest BCUT2D eigenvalue weighted by Crippen LogP contribution is 2.31. The normalized spacial score (nSPS) is 12.2. The molecule has 0 saturated carbocycles. The van der Waals surface area contributed by atoms with Crippen LogP contribution in [-0.2, 0) is 16.5 Å². The summed E-state index contributed by atoms with van der Waals surface area (Å²) in [6, 6.07) is 120. The van der Waals surface area contributed by atoms with Crippen LogP contribution in [0.4, 0.5) is 0 Å². The Labute approximate surface area is 472 Å². The Morgan fingerprint density at radius 2 is 0.405 bits per heavy atom. The maximum Gasteiger partial charge on any atom is 0.390 e. The van der Waals surface area contributed by atoms with E-state index in [9.17, 15) is 0 Å². The first-order valence-corrected chi connectivity index (χ1v) is 36.7. The number of rotatable bonds is 22. The smallest absolute Gasteiger partial charge is 0.390 e. The molecule has 0 N–H and O–H groups in total. The highest BCUT2D eigenvalue weighted by atomic mass is 28.5. The molecule has 11 rings (SSSR count). The van der Waals surface area contributed by atoms with Crippen LogP contribution in [0.5, 0.6) is 0 Å². The summed E-state index contributed by atoms with van der Waals surface area (Å²) in [7, 11) is -19.9. The lowest BCUT2D eigenvalue weighted by molar-refractivity contribution is 0.329. The Morgan fingerprint density at radius 1 is 0.215 bits per heavy atom. The average molecular weight is 1110 g/mol. The third-order valence-electron chi connectivity index (χ3n) is 14.9. The quantitative estimate of drug-likeness (QED) is 0.0503. The second-order valence-electron chi connectivity index (χ2n) is 19.7. The van der Waals surface area contributed by atoms with E-state index >= 15 is 0 Å². The molecular formula is C70H63O4Si5. The fraction of sp³-hybridized carbons (Fsp3) is 0.0429. The van der Waals surface area contributed by atoms with E-state index in [1.54, 1.807) is 0 Å². The molecule has 1 radical (unpaired) electrons. The number of hydrogen-bond acceptors (Lipinski definition) is 4. The van der Waals surface area contributed by atoms with Gasteiger partial charge in [-0.05, 0) is 63.1 Å². The van der Waals surface area contributed by atoms with Gasteiger partial charge in [0.05, 0.1) is 0 Å². The number of hydrogen-bond donors (Lipinski definition) is 0. The van der Waals surface area contributed by atoms with Crippen molar-refractivity contribution in [2.75, 3.05) is 0 Å². The van der Waals surface area contributed by atoms with E-state index in [2.05, 4.69) is 341 Å². The van der Waals surface area contributed by atoms with Gasteiger partial charge in [-0.1, -0.05) is 353 Å². The molecule has 9 heteroatoms. The molecule has 0 aliphatic rings. The third kappa shape index (κ3) is 10.7. The first-order chi connectivity index (χ1) is 39.0.